The summed E-state index contributed by atoms with van der Waals surface area (Å²) >= 11 is 0. The molecule has 0 spiro atoms. The standard InChI is InChI=1S/C12H13NO7/c1-20-10(14)3-2-7-4-8(11(15)12(16)17)6-9(5-7)13(18)19/h4-6,11,15H,2-3H2,1H3,(H,16,17). The van der Waals surface area contributed by atoms with Crippen molar-refractivity contribution in [2.45, 2.75) is 18.9 Å². The number of esters is 1. The second kappa shape index (κ2) is 6.62. The molecule has 0 radical (unpaired) electrons. The number of nitro groups is 1. The molecule has 0 aliphatic carbocycles. The number of nitro benzene ring substituents is 1. The summed E-state index contributed by atoms with van der Waals surface area (Å²) < 4.78 is 4.45. The van der Waals surface area contributed by atoms with Gasteiger partial charge in [-0.1, -0.05) is 6.07 Å². The van der Waals surface area contributed by atoms with Crippen LogP contribution in [0.2, 0.25) is 0 Å². The molecule has 0 fully saturated rings. The van der Waals surface area contributed by atoms with Crippen molar-refractivity contribution in [3.05, 3.63) is 39.4 Å². The molecule has 1 rings (SSSR count). The summed E-state index contributed by atoms with van der Waals surface area (Å²) in [5, 5.41) is 28.9. The number of methoxy groups -OCH3 is 1. The number of aryl methyl sites for hydroxylation is 1. The van der Waals surface area contributed by atoms with Crippen LogP contribution in [0.15, 0.2) is 18.2 Å². The SMILES string of the molecule is COC(=O)CCc1cc(C(O)C(=O)O)cc([N+](=O)[O-])c1. The van der Waals surface area contributed by atoms with Gasteiger partial charge in [-0.3, -0.25) is 14.9 Å². The van der Waals surface area contributed by atoms with Gasteiger partial charge < -0.3 is 14.9 Å². The Kier molecular flexibility index (Phi) is 5.15. The lowest BCUT2D eigenvalue weighted by Gasteiger charge is -2.08. The summed E-state index contributed by atoms with van der Waals surface area (Å²) in [6.45, 7) is 0. The Morgan fingerprint density at radius 2 is 2.05 bits per heavy atom. The number of non-ortho nitro benzene ring substituents is 1. The van der Waals surface area contributed by atoms with Gasteiger partial charge in [0, 0.05) is 18.6 Å². The van der Waals surface area contributed by atoms with Gasteiger partial charge in [0.1, 0.15) is 0 Å². The zero-order valence-corrected chi connectivity index (χ0v) is 10.6. The van der Waals surface area contributed by atoms with Gasteiger partial charge >= 0.3 is 11.9 Å². The number of hydrogen-bond donors (Lipinski definition) is 2. The number of carbonyl (C=O) groups is 2. The number of aliphatic carboxylic acids is 1. The van der Waals surface area contributed by atoms with E-state index in [1.165, 1.54) is 19.2 Å². The highest BCUT2D eigenvalue weighted by atomic mass is 16.6. The van der Waals surface area contributed by atoms with Crippen LogP contribution in [0.4, 0.5) is 5.69 Å². The number of carbonyl (C=O) groups excluding carboxylic acids is 1. The second-order valence-corrected chi connectivity index (χ2v) is 4.01. The van der Waals surface area contributed by atoms with Crippen molar-refractivity contribution >= 4 is 17.6 Å². The first-order valence-corrected chi connectivity index (χ1v) is 5.61. The van der Waals surface area contributed by atoms with E-state index in [1.54, 1.807) is 0 Å². The van der Waals surface area contributed by atoms with E-state index in [-0.39, 0.29) is 24.1 Å². The molecule has 8 nitrogen and oxygen atoms in total. The third kappa shape index (κ3) is 4.02. The van der Waals surface area contributed by atoms with E-state index in [2.05, 4.69) is 4.74 Å². The molecule has 8 heteroatoms. The lowest BCUT2D eigenvalue weighted by atomic mass is 10.0. The van der Waals surface area contributed by atoms with Gasteiger partial charge in [-0.25, -0.2) is 4.79 Å². The molecule has 20 heavy (non-hydrogen) atoms. The van der Waals surface area contributed by atoms with Gasteiger partial charge in [-0.2, -0.15) is 0 Å². The van der Waals surface area contributed by atoms with Gasteiger partial charge in [0.15, 0.2) is 6.10 Å². The quantitative estimate of drug-likeness (QED) is 0.449. The Morgan fingerprint density at radius 1 is 1.40 bits per heavy atom. The van der Waals surface area contributed by atoms with Crippen molar-refractivity contribution in [3.63, 3.8) is 0 Å². The highest BCUT2D eigenvalue weighted by molar-refractivity contribution is 5.74. The van der Waals surface area contributed by atoms with Crippen LogP contribution in [0, 0.1) is 10.1 Å². The molecule has 0 aromatic heterocycles. The number of nitrogens with zero attached hydrogens (tertiary/aromatic N) is 1. The van der Waals surface area contributed by atoms with E-state index in [9.17, 15) is 24.8 Å². The summed E-state index contributed by atoms with van der Waals surface area (Å²) in [4.78, 5) is 31.8. The summed E-state index contributed by atoms with van der Waals surface area (Å²) in [7, 11) is 1.22. The molecule has 0 aliphatic rings. The molecule has 0 bridgehead atoms. The Bertz CT molecular complexity index is 541. The Balaban J connectivity index is 3.07. The number of aliphatic hydroxyl groups excluding tert-OH is 1. The molecule has 1 atom stereocenters. The number of rotatable bonds is 6. The Morgan fingerprint density at radius 3 is 2.55 bits per heavy atom. The third-order valence-corrected chi connectivity index (χ3v) is 2.61. The van der Waals surface area contributed by atoms with Crippen LogP contribution in [0.3, 0.4) is 0 Å². The molecule has 0 heterocycles. The number of carboxylic acids is 1. The monoisotopic (exact) mass is 283 g/mol. The van der Waals surface area contributed by atoms with E-state index < -0.39 is 23.0 Å². The van der Waals surface area contributed by atoms with Crippen molar-refractivity contribution in [2.24, 2.45) is 0 Å². The number of aliphatic hydroxyl groups is 1. The fourth-order valence-electron chi connectivity index (χ4n) is 1.60. The minimum atomic E-state index is -1.85. The molecule has 2 N–H and O–H groups in total. The maximum atomic E-state index is 11.0. The van der Waals surface area contributed by atoms with Gasteiger partial charge in [-0.05, 0) is 17.5 Å². The highest BCUT2D eigenvalue weighted by Gasteiger charge is 2.20. The van der Waals surface area contributed by atoms with Crippen LogP contribution < -0.4 is 0 Å². The predicted octanol–water partition coefficient (Wildman–Crippen LogP) is 0.818. The summed E-state index contributed by atoms with van der Waals surface area (Å²) in [5.74, 6) is -2.00. The van der Waals surface area contributed by atoms with Gasteiger partial charge in [0.2, 0.25) is 0 Å². The minimum Gasteiger partial charge on any atom is -0.479 e. The van der Waals surface area contributed by atoms with E-state index in [0.717, 1.165) is 6.07 Å². The van der Waals surface area contributed by atoms with Crippen LogP contribution in [0.25, 0.3) is 0 Å². The smallest absolute Gasteiger partial charge is 0.337 e. The van der Waals surface area contributed by atoms with Crippen LogP contribution in [0.1, 0.15) is 23.7 Å². The number of hydrogen-bond acceptors (Lipinski definition) is 6. The topological polar surface area (TPSA) is 127 Å². The molecular weight excluding hydrogens is 270 g/mol. The van der Waals surface area contributed by atoms with E-state index in [0.29, 0.717) is 5.56 Å². The van der Waals surface area contributed by atoms with Crippen molar-refractivity contribution in [1.29, 1.82) is 0 Å². The maximum absolute atomic E-state index is 11.0. The molecule has 1 aromatic rings. The van der Waals surface area contributed by atoms with Crippen molar-refractivity contribution < 1.29 is 29.5 Å². The predicted molar refractivity (Wildman–Crippen MR) is 66.0 cm³/mol. The largest absolute Gasteiger partial charge is 0.479 e. The second-order valence-electron chi connectivity index (χ2n) is 4.01. The molecule has 0 saturated heterocycles. The minimum absolute atomic E-state index is 0.000272. The molecular formula is C12H13NO7. The van der Waals surface area contributed by atoms with Gasteiger partial charge in [0.05, 0.1) is 12.0 Å². The van der Waals surface area contributed by atoms with Crippen LogP contribution in [-0.2, 0) is 20.7 Å². The van der Waals surface area contributed by atoms with Crippen molar-refractivity contribution in [2.75, 3.05) is 7.11 Å². The summed E-state index contributed by atoms with van der Waals surface area (Å²) in [5.41, 5.74) is -0.0749. The van der Waals surface area contributed by atoms with Crippen LogP contribution >= 0.6 is 0 Å². The molecule has 0 saturated carbocycles. The van der Waals surface area contributed by atoms with Crippen molar-refractivity contribution in [1.82, 2.24) is 0 Å². The molecule has 108 valence electrons. The first-order valence-electron chi connectivity index (χ1n) is 5.61. The first-order chi connectivity index (χ1) is 9.35. The molecule has 1 unspecified atom stereocenters. The summed E-state index contributed by atoms with van der Waals surface area (Å²) in [6.07, 6.45) is -1.71. The fourth-order valence-corrected chi connectivity index (χ4v) is 1.60. The zero-order valence-electron chi connectivity index (χ0n) is 10.6. The summed E-state index contributed by atoms with van der Waals surface area (Å²) in [6, 6.07) is 3.52. The maximum Gasteiger partial charge on any atom is 0.337 e. The number of carboxylic acid groups (broad SMARTS) is 1. The first kappa shape index (κ1) is 15.6. The van der Waals surface area contributed by atoms with Crippen LogP contribution in [0.5, 0.6) is 0 Å². The van der Waals surface area contributed by atoms with Gasteiger partial charge in [0.25, 0.3) is 5.69 Å². The normalized spacial score (nSPS) is 11.7. The molecule has 0 amide bonds. The zero-order chi connectivity index (χ0) is 15.3. The van der Waals surface area contributed by atoms with E-state index >= 15 is 0 Å². The number of ether oxygens (including phenoxy) is 1. The van der Waals surface area contributed by atoms with E-state index in [1.807, 2.05) is 0 Å². The average molecular weight is 283 g/mol. The van der Waals surface area contributed by atoms with E-state index in [4.69, 9.17) is 5.11 Å². The fraction of sp³-hybridized carbons (Fsp3) is 0.333. The Hall–Kier alpha value is -2.48. The van der Waals surface area contributed by atoms with Gasteiger partial charge in [-0.15, -0.1) is 0 Å². The van der Waals surface area contributed by atoms with Crippen LogP contribution in [-0.4, -0.2) is 34.2 Å². The molecule has 1 aromatic carbocycles. The average Bonchev–Trinajstić information content (AvgIpc) is 2.43. The highest BCUT2D eigenvalue weighted by Crippen LogP contribution is 2.23. The number of benzene rings is 1. The third-order valence-electron chi connectivity index (χ3n) is 2.61. The molecule has 0 aliphatic heterocycles. The lowest BCUT2D eigenvalue weighted by Crippen LogP contribution is -2.11. The van der Waals surface area contributed by atoms with Crippen molar-refractivity contribution in [3.8, 4) is 0 Å². The lowest BCUT2D eigenvalue weighted by molar-refractivity contribution is -0.385. The Labute approximate surface area is 113 Å².